The van der Waals surface area contributed by atoms with E-state index in [0.29, 0.717) is 34.4 Å². The molecule has 0 unspecified atom stereocenters. The summed E-state index contributed by atoms with van der Waals surface area (Å²) in [4.78, 5) is 4.40. The van der Waals surface area contributed by atoms with Crippen LogP contribution in [0.25, 0.3) is 10.9 Å². The van der Waals surface area contributed by atoms with Crippen molar-refractivity contribution in [3.8, 4) is 6.07 Å². The first-order chi connectivity index (χ1) is 18.8. The number of rotatable bonds is 7. The van der Waals surface area contributed by atoms with E-state index in [1.807, 2.05) is 6.92 Å². The van der Waals surface area contributed by atoms with Crippen LogP contribution >= 0.6 is 23.2 Å². The minimum atomic E-state index is -2.07. The van der Waals surface area contributed by atoms with Crippen molar-refractivity contribution in [2.75, 3.05) is 17.2 Å². The predicted molar refractivity (Wildman–Crippen MR) is 151 cm³/mol. The highest BCUT2D eigenvalue weighted by atomic mass is 35.5. The van der Waals surface area contributed by atoms with Gasteiger partial charge in [-0.2, -0.15) is 5.26 Å². The molecule has 2 aromatic carbocycles. The summed E-state index contributed by atoms with van der Waals surface area (Å²) in [7, 11) is 0. The fourth-order valence-corrected chi connectivity index (χ4v) is 4.69. The van der Waals surface area contributed by atoms with Crippen molar-refractivity contribution >= 4 is 45.5 Å². The Hall–Kier alpha value is -3.25. The molecule has 0 radical (unpaired) electrons. The SMILES string of the molecule is [2H]C1=C([C@]([2H])(Nc2cc(Cl)c3ncc(C#N)c(NCC(C)(C)C)c3c2)c2c(F)cccc2Cl)NNN1C1(C)CC1. The van der Waals surface area contributed by atoms with Gasteiger partial charge in [0.1, 0.15) is 11.9 Å². The Bertz CT molecular complexity index is 1560. The van der Waals surface area contributed by atoms with E-state index in [9.17, 15) is 6.63 Å². The van der Waals surface area contributed by atoms with Crippen LogP contribution in [0.2, 0.25) is 10.0 Å². The van der Waals surface area contributed by atoms with Gasteiger partial charge in [-0.05, 0) is 49.4 Å². The van der Waals surface area contributed by atoms with Crippen LogP contribution in [0.3, 0.4) is 0 Å². The molecule has 0 amide bonds. The lowest BCUT2D eigenvalue weighted by Crippen LogP contribution is -2.43. The maximum atomic E-state index is 15.4. The van der Waals surface area contributed by atoms with Gasteiger partial charge in [0.25, 0.3) is 0 Å². The van der Waals surface area contributed by atoms with E-state index in [2.05, 4.69) is 53.4 Å². The molecular formula is C28H30Cl2FN7. The first-order valence-electron chi connectivity index (χ1n) is 13.3. The van der Waals surface area contributed by atoms with Crippen LogP contribution in [-0.4, -0.2) is 22.1 Å². The summed E-state index contributed by atoms with van der Waals surface area (Å²) in [6.45, 7) is 8.79. The summed E-state index contributed by atoms with van der Waals surface area (Å²) in [6, 6.07) is 7.60. The number of aromatic nitrogens is 1. The predicted octanol–water partition coefficient (Wildman–Crippen LogP) is 6.88. The molecule has 0 saturated heterocycles. The lowest BCUT2D eigenvalue weighted by atomic mass is 9.96. The fraction of sp³-hybridized carbons (Fsp3) is 0.357. The molecule has 1 atom stereocenters. The second-order valence-electron chi connectivity index (χ2n) is 11.1. The van der Waals surface area contributed by atoms with Crippen LogP contribution in [0.1, 0.15) is 60.4 Å². The number of hydrogen-bond donors (Lipinski definition) is 4. The number of nitrogens with zero attached hydrogens (tertiary/aromatic N) is 3. The van der Waals surface area contributed by atoms with Crippen molar-refractivity contribution in [2.45, 2.75) is 52.1 Å². The molecule has 0 bridgehead atoms. The van der Waals surface area contributed by atoms with E-state index in [-0.39, 0.29) is 38.4 Å². The number of benzene rings is 2. The normalized spacial score (nSPS) is 18.8. The van der Waals surface area contributed by atoms with Crippen LogP contribution in [-0.2, 0) is 0 Å². The minimum Gasteiger partial charge on any atom is -0.383 e. The minimum absolute atomic E-state index is 0.00493. The Kier molecular flexibility index (Phi) is 6.15. The Morgan fingerprint density at radius 1 is 1.32 bits per heavy atom. The molecule has 38 heavy (non-hydrogen) atoms. The van der Waals surface area contributed by atoms with Crippen molar-refractivity contribution in [1.82, 2.24) is 21.0 Å². The molecule has 5 rings (SSSR count). The third-order valence-electron chi connectivity index (χ3n) is 6.60. The third-order valence-corrected chi connectivity index (χ3v) is 7.21. The van der Waals surface area contributed by atoms with Crippen molar-refractivity contribution < 1.29 is 7.13 Å². The van der Waals surface area contributed by atoms with Crippen LogP contribution in [0, 0.1) is 22.6 Å². The van der Waals surface area contributed by atoms with Crippen LogP contribution < -0.4 is 21.6 Å². The molecule has 0 spiro atoms. The van der Waals surface area contributed by atoms with Gasteiger partial charge in [-0.25, -0.2) is 4.39 Å². The maximum Gasteiger partial charge on any atom is 0.130 e. The first-order valence-corrected chi connectivity index (χ1v) is 13.1. The van der Waals surface area contributed by atoms with E-state index in [0.717, 1.165) is 12.8 Å². The summed E-state index contributed by atoms with van der Waals surface area (Å²) in [6.07, 6.45) is 3.21. The van der Waals surface area contributed by atoms with Crippen LogP contribution in [0.15, 0.2) is 48.4 Å². The van der Waals surface area contributed by atoms with Crippen molar-refractivity contribution in [2.24, 2.45) is 5.41 Å². The number of anilines is 2. The van der Waals surface area contributed by atoms with Gasteiger partial charge in [-0.1, -0.05) is 50.0 Å². The lowest BCUT2D eigenvalue weighted by Gasteiger charge is -2.24. The Labute approximate surface area is 234 Å². The number of fused-ring (bicyclic) bond motifs is 1. The molecule has 1 aliphatic carbocycles. The van der Waals surface area contributed by atoms with E-state index < -0.39 is 11.8 Å². The standard InChI is InChI=1S/C28H30Cl2FN7/c1-27(2,3)15-34-24-16(12-32)13-33-25-18(24)10-17(11-20(25)30)35-26(23-19(29)6-5-7-21(23)31)22-14-38(37-36-22)28(4)8-9-28/h5-7,10-11,13-14,26,35-37H,8-9,15H2,1-4H3,(H,33,34)/t26-/m0/s1/i14D,26D. The summed E-state index contributed by atoms with van der Waals surface area (Å²) in [5, 5.41) is 18.8. The number of nitrogens with one attached hydrogen (secondary N) is 4. The molecule has 4 N–H and O–H groups in total. The smallest absolute Gasteiger partial charge is 0.130 e. The summed E-state index contributed by atoms with van der Waals surface area (Å²) in [5.41, 5.74) is 7.16. The van der Waals surface area contributed by atoms with E-state index in [1.54, 1.807) is 17.1 Å². The van der Waals surface area contributed by atoms with Gasteiger partial charge in [-0.15, -0.1) is 5.53 Å². The largest absolute Gasteiger partial charge is 0.383 e. The summed E-state index contributed by atoms with van der Waals surface area (Å²) < 4.78 is 33.9. The first kappa shape index (κ1) is 23.8. The molecule has 3 aromatic rings. The average molecular weight is 557 g/mol. The molecule has 198 valence electrons. The number of nitriles is 1. The Morgan fingerprint density at radius 2 is 2.08 bits per heavy atom. The van der Waals surface area contributed by atoms with Gasteiger partial charge in [0.05, 0.1) is 41.8 Å². The number of halogens is 3. The van der Waals surface area contributed by atoms with E-state index in [4.69, 9.17) is 24.6 Å². The second kappa shape index (κ2) is 9.81. The highest BCUT2D eigenvalue weighted by Gasteiger charge is 2.45. The zero-order valence-electron chi connectivity index (χ0n) is 23.6. The van der Waals surface area contributed by atoms with Gasteiger partial charge in [0.15, 0.2) is 0 Å². The van der Waals surface area contributed by atoms with Gasteiger partial charge in [-0.3, -0.25) is 9.99 Å². The fourth-order valence-electron chi connectivity index (χ4n) is 4.16. The van der Waals surface area contributed by atoms with Crippen molar-refractivity contribution in [1.29, 1.82) is 5.26 Å². The van der Waals surface area contributed by atoms with Gasteiger partial charge >= 0.3 is 0 Å². The Balaban J connectivity index is 1.68. The van der Waals surface area contributed by atoms with Crippen LogP contribution in [0.5, 0.6) is 0 Å². The van der Waals surface area contributed by atoms with E-state index >= 15 is 4.39 Å². The molecular weight excluding hydrogens is 524 g/mol. The molecule has 2 heterocycles. The van der Waals surface area contributed by atoms with Crippen molar-refractivity contribution in [3.63, 3.8) is 0 Å². The average Bonchev–Trinajstić information content (AvgIpc) is 3.48. The molecule has 10 heteroatoms. The zero-order chi connectivity index (χ0) is 29.0. The van der Waals surface area contributed by atoms with Crippen LogP contribution in [0.4, 0.5) is 15.8 Å². The highest BCUT2D eigenvalue weighted by molar-refractivity contribution is 6.36. The van der Waals surface area contributed by atoms with Gasteiger partial charge < -0.3 is 16.1 Å². The molecule has 1 aromatic heterocycles. The van der Waals surface area contributed by atoms with E-state index in [1.165, 1.54) is 24.4 Å². The van der Waals surface area contributed by atoms with Crippen molar-refractivity contribution in [3.05, 3.63) is 75.4 Å². The Morgan fingerprint density at radius 3 is 2.74 bits per heavy atom. The molecule has 7 nitrogen and oxygen atoms in total. The quantitative estimate of drug-likeness (QED) is 0.252. The summed E-state index contributed by atoms with van der Waals surface area (Å²) >= 11 is 13.2. The van der Waals surface area contributed by atoms with Gasteiger partial charge in [0, 0.05) is 40.6 Å². The molecule has 1 aliphatic heterocycles. The third kappa shape index (κ3) is 5.19. The van der Waals surface area contributed by atoms with Gasteiger partial charge in [0.2, 0.25) is 0 Å². The molecule has 2 aliphatic rings. The maximum absolute atomic E-state index is 15.4. The molecule has 1 saturated carbocycles. The topological polar surface area (TPSA) is 88.0 Å². The monoisotopic (exact) mass is 555 g/mol. The summed E-state index contributed by atoms with van der Waals surface area (Å²) in [5.74, 6) is -0.707. The lowest BCUT2D eigenvalue weighted by molar-refractivity contribution is 0.190. The zero-order valence-corrected chi connectivity index (χ0v) is 23.1. The number of hydrogen-bond acceptors (Lipinski definition) is 7. The second-order valence-corrected chi connectivity index (χ2v) is 11.9. The number of pyridine rings is 1. The number of hydrazine groups is 2. The molecule has 1 fully saturated rings. The highest BCUT2D eigenvalue weighted by Crippen LogP contribution is 2.43.